The summed E-state index contributed by atoms with van der Waals surface area (Å²) in [5.74, 6) is 1.69. The maximum atomic E-state index is 15.9. The summed E-state index contributed by atoms with van der Waals surface area (Å²) in [4.78, 5) is 16.1. The van der Waals surface area contributed by atoms with Crippen LogP contribution < -0.4 is 20.1 Å². The highest BCUT2D eigenvalue weighted by atomic mass is 32.2. The van der Waals surface area contributed by atoms with Crippen LogP contribution in [0.25, 0.3) is 33.4 Å². The predicted molar refractivity (Wildman–Crippen MR) is 159 cm³/mol. The molecular weight excluding hydrogens is 578 g/mol. The van der Waals surface area contributed by atoms with E-state index in [1.54, 1.807) is 30.5 Å². The number of alkyl halides is 1. The summed E-state index contributed by atoms with van der Waals surface area (Å²) < 4.78 is 66.6. The van der Waals surface area contributed by atoms with Gasteiger partial charge in [-0.25, -0.2) is 28.5 Å². The van der Waals surface area contributed by atoms with Gasteiger partial charge in [-0.05, 0) is 55.0 Å². The van der Waals surface area contributed by atoms with E-state index < -0.39 is 23.3 Å². The average Bonchev–Trinajstić information content (AvgIpc) is 3.85. The largest absolute Gasteiger partial charge is 0.760 e. The highest BCUT2D eigenvalue weighted by Gasteiger charge is 2.26. The minimum Gasteiger partial charge on any atom is -0.760 e. The number of rotatable bonds is 11. The van der Waals surface area contributed by atoms with E-state index in [1.165, 1.54) is 6.07 Å². The summed E-state index contributed by atoms with van der Waals surface area (Å²) in [7, 11) is 0. The molecule has 6 rings (SSSR count). The van der Waals surface area contributed by atoms with E-state index in [4.69, 9.17) is 25.2 Å². The predicted octanol–water partition coefficient (Wildman–Crippen LogP) is 4.49. The number of nitrogens with one attached hydrogen (secondary N) is 1. The van der Waals surface area contributed by atoms with Crippen molar-refractivity contribution in [1.29, 1.82) is 0 Å². The molecule has 13 heteroatoms. The summed E-state index contributed by atoms with van der Waals surface area (Å²) in [6, 6.07) is 11.6. The Morgan fingerprint density at radius 1 is 1.16 bits per heavy atom. The van der Waals surface area contributed by atoms with Gasteiger partial charge in [-0.3, -0.25) is 4.21 Å². The summed E-state index contributed by atoms with van der Waals surface area (Å²) >= 11 is -2.52. The highest BCUT2D eigenvalue weighted by Crippen LogP contribution is 2.40. The maximum Gasteiger partial charge on any atom is 0.163 e. The lowest BCUT2D eigenvalue weighted by molar-refractivity contribution is 0.122. The fourth-order valence-corrected chi connectivity index (χ4v) is 5.35. The molecule has 0 spiro atoms. The van der Waals surface area contributed by atoms with Crippen LogP contribution in [0, 0.1) is 11.7 Å². The second-order valence-corrected chi connectivity index (χ2v) is 11.4. The molecule has 2 unspecified atom stereocenters. The molecule has 2 aliphatic rings. The molecule has 1 saturated carbocycles. The molecule has 2 fully saturated rings. The molecule has 4 aromatic rings. The number of nitrogens with two attached hydrogens (primary N) is 1. The Balaban J connectivity index is 1.48. The molecule has 0 amide bonds. The number of hydrogen-bond acceptors (Lipinski definition) is 9. The van der Waals surface area contributed by atoms with Crippen LogP contribution in [0.2, 0.25) is 0 Å². The third-order valence-corrected chi connectivity index (χ3v) is 8.01. The van der Waals surface area contributed by atoms with Crippen LogP contribution in [-0.4, -0.2) is 63.2 Å². The maximum absolute atomic E-state index is 15.9. The standard InChI is InChI=1S/C30H32F2N6O4S/c31-24(8-9-35-43(39)40)22-3-1-2-21(27(22)32)20-14-23-28(25(15-20)42-17-18-4-5-18)36-29(19-6-7-26(33)34-16-19)37-30(23)38-10-12-41-13-11-38/h1-3,6-7,14-16,18,24,35H,4-5,8-13,17H2,(H2,33,34)(H,39,40)/p-1. The lowest BCUT2D eigenvalue weighted by Gasteiger charge is -2.29. The fourth-order valence-electron chi connectivity index (χ4n) is 5.06. The first-order valence-corrected chi connectivity index (χ1v) is 15.2. The van der Waals surface area contributed by atoms with Crippen LogP contribution in [-0.2, 0) is 16.0 Å². The molecule has 2 aromatic carbocycles. The summed E-state index contributed by atoms with van der Waals surface area (Å²) in [6.45, 7) is 2.60. The quantitative estimate of drug-likeness (QED) is 0.236. The number of anilines is 2. The molecule has 43 heavy (non-hydrogen) atoms. The van der Waals surface area contributed by atoms with Crippen LogP contribution in [0.1, 0.15) is 31.0 Å². The smallest absolute Gasteiger partial charge is 0.163 e. The Kier molecular flexibility index (Phi) is 8.75. The Labute approximate surface area is 250 Å². The van der Waals surface area contributed by atoms with E-state index in [0.717, 1.165) is 12.8 Å². The molecule has 3 heterocycles. The molecule has 3 N–H and O–H groups in total. The minimum absolute atomic E-state index is 0.146. The number of aromatic nitrogens is 3. The zero-order chi connectivity index (χ0) is 29.9. The van der Waals surface area contributed by atoms with E-state index in [2.05, 4.69) is 14.6 Å². The molecule has 226 valence electrons. The molecule has 1 aliphatic carbocycles. The van der Waals surface area contributed by atoms with E-state index in [9.17, 15) is 8.76 Å². The number of nitrogens with zero attached hydrogens (tertiary/aromatic N) is 4. The third-order valence-electron chi connectivity index (χ3n) is 7.57. The number of fused-ring (bicyclic) bond motifs is 1. The van der Waals surface area contributed by atoms with Gasteiger partial charge in [-0.2, -0.15) is 0 Å². The number of halogens is 2. The fraction of sp³-hybridized carbons (Fsp3) is 0.367. The van der Waals surface area contributed by atoms with Gasteiger partial charge in [0.2, 0.25) is 0 Å². The van der Waals surface area contributed by atoms with Crippen molar-refractivity contribution in [3.05, 3.63) is 60.0 Å². The minimum atomic E-state index is -2.52. The number of ether oxygens (including phenoxy) is 2. The van der Waals surface area contributed by atoms with Gasteiger partial charge in [0, 0.05) is 59.2 Å². The molecular formula is C30H31F2N6O4S-. The van der Waals surface area contributed by atoms with Crippen molar-refractivity contribution in [3.8, 4) is 28.3 Å². The zero-order valence-electron chi connectivity index (χ0n) is 23.3. The number of benzene rings is 2. The van der Waals surface area contributed by atoms with Crippen LogP contribution in [0.5, 0.6) is 5.75 Å². The molecule has 1 saturated heterocycles. The molecule has 0 radical (unpaired) electrons. The topological polar surface area (TPSA) is 139 Å². The van der Waals surface area contributed by atoms with Gasteiger partial charge in [0.1, 0.15) is 34.9 Å². The Hall–Kier alpha value is -3.78. The van der Waals surface area contributed by atoms with E-state index >= 15 is 8.78 Å². The Morgan fingerprint density at radius 2 is 1.98 bits per heavy atom. The van der Waals surface area contributed by atoms with Gasteiger partial charge in [0.05, 0.1) is 19.8 Å². The first-order valence-electron chi connectivity index (χ1n) is 14.2. The number of morpholine rings is 1. The van der Waals surface area contributed by atoms with E-state index in [0.29, 0.717) is 84.1 Å². The number of hydrogen-bond donors (Lipinski definition) is 2. The zero-order valence-corrected chi connectivity index (χ0v) is 24.1. The van der Waals surface area contributed by atoms with Crippen LogP contribution >= 0.6 is 0 Å². The summed E-state index contributed by atoms with van der Waals surface area (Å²) in [5, 5.41) is 0.668. The highest BCUT2D eigenvalue weighted by molar-refractivity contribution is 7.77. The monoisotopic (exact) mass is 609 g/mol. The normalized spacial score (nSPS) is 16.8. The lowest BCUT2D eigenvalue weighted by Crippen LogP contribution is -2.37. The van der Waals surface area contributed by atoms with Gasteiger partial charge in [0.25, 0.3) is 0 Å². The summed E-state index contributed by atoms with van der Waals surface area (Å²) in [6.07, 6.45) is 1.87. The third kappa shape index (κ3) is 6.74. The lowest BCUT2D eigenvalue weighted by atomic mass is 9.97. The first kappa shape index (κ1) is 29.3. The Morgan fingerprint density at radius 3 is 2.70 bits per heavy atom. The van der Waals surface area contributed by atoms with E-state index in [-0.39, 0.29) is 24.1 Å². The van der Waals surface area contributed by atoms with Crippen molar-refractivity contribution < 1.29 is 27.0 Å². The van der Waals surface area contributed by atoms with Gasteiger partial charge in [-0.15, -0.1) is 0 Å². The summed E-state index contributed by atoms with van der Waals surface area (Å²) in [5.41, 5.74) is 7.61. The second kappa shape index (κ2) is 12.8. The van der Waals surface area contributed by atoms with Crippen molar-refractivity contribution in [2.75, 3.05) is 50.1 Å². The number of nitrogen functional groups attached to an aromatic ring is 1. The van der Waals surface area contributed by atoms with Crippen LogP contribution in [0.3, 0.4) is 0 Å². The van der Waals surface area contributed by atoms with Crippen LogP contribution in [0.4, 0.5) is 20.4 Å². The van der Waals surface area contributed by atoms with Gasteiger partial charge in [-0.1, -0.05) is 18.2 Å². The first-order chi connectivity index (χ1) is 20.9. The molecule has 2 aromatic heterocycles. The van der Waals surface area contributed by atoms with Gasteiger partial charge in [0.15, 0.2) is 5.82 Å². The van der Waals surface area contributed by atoms with E-state index in [1.807, 2.05) is 12.1 Å². The molecule has 1 aliphatic heterocycles. The molecule has 2 atom stereocenters. The van der Waals surface area contributed by atoms with Crippen molar-refractivity contribution in [2.24, 2.45) is 5.92 Å². The van der Waals surface area contributed by atoms with Crippen molar-refractivity contribution in [1.82, 2.24) is 19.7 Å². The Bertz CT molecular complexity index is 1630. The van der Waals surface area contributed by atoms with Gasteiger partial charge < -0.3 is 24.7 Å². The van der Waals surface area contributed by atoms with Crippen molar-refractivity contribution >= 4 is 33.8 Å². The average molecular weight is 610 g/mol. The molecule has 0 bridgehead atoms. The van der Waals surface area contributed by atoms with Crippen molar-refractivity contribution in [2.45, 2.75) is 25.4 Å². The molecule has 10 nitrogen and oxygen atoms in total. The van der Waals surface area contributed by atoms with Gasteiger partial charge >= 0.3 is 0 Å². The van der Waals surface area contributed by atoms with Crippen LogP contribution in [0.15, 0.2) is 48.7 Å². The number of pyridine rings is 1. The second-order valence-electron chi connectivity index (χ2n) is 10.7. The SMILES string of the molecule is Nc1ccc(-c2nc(N3CCOCC3)c3cc(-c4cccc(C(F)CCNS(=O)[O-])c4F)cc(OCC4CC4)c3n2)cn1. The van der Waals surface area contributed by atoms with Crippen molar-refractivity contribution in [3.63, 3.8) is 0 Å².